The number of hydrogen-bond acceptors (Lipinski definition) is 3. The van der Waals surface area contributed by atoms with Crippen LogP contribution in [0.25, 0.3) is 22.2 Å². The Labute approximate surface area is 121 Å². The van der Waals surface area contributed by atoms with Gasteiger partial charge in [0.05, 0.1) is 16.0 Å². The molecule has 3 rings (SSSR count). The van der Waals surface area contributed by atoms with E-state index in [-0.39, 0.29) is 16.9 Å². The quantitative estimate of drug-likeness (QED) is 0.571. The van der Waals surface area contributed by atoms with Crippen LogP contribution in [0.1, 0.15) is 5.56 Å². The first kappa shape index (κ1) is 14.1. The van der Waals surface area contributed by atoms with Crippen LogP contribution in [0.2, 0.25) is 0 Å². The molecule has 1 N–H and O–H groups in total. The summed E-state index contributed by atoms with van der Waals surface area (Å²) in [4.78, 5) is 10.3. The van der Waals surface area contributed by atoms with Crippen molar-refractivity contribution in [2.75, 3.05) is 0 Å². The zero-order valence-corrected chi connectivity index (χ0v) is 10.9. The predicted octanol–water partition coefficient (Wildman–Crippen LogP) is 4.16. The zero-order valence-electron chi connectivity index (χ0n) is 10.9. The Morgan fingerprint density at radius 1 is 1.14 bits per heavy atom. The van der Waals surface area contributed by atoms with E-state index in [0.29, 0.717) is 10.9 Å². The van der Waals surface area contributed by atoms with Gasteiger partial charge in [0.25, 0.3) is 5.69 Å². The molecule has 0 spiro atoms. The maximum atomic E-state index is 12.8. The van der Waals surface area contributed by atoms with E-state index in [1.165, 1.54) is 30.3 Å². The first-order chi connectivity index (χ1) is 10.4. The lowest BCUT2D eigenvalue weighted by Gasteiger charge is -2.07. The van der Waals surface area contributed by atoms with Crippen LogP contribution in [-0.4, -0.2) is 15.1 Å². The molecule has 0 saturated carbocycles. The van der Waals surface area contributed by atoms with Crippen molar-refractivity contribution in [3.05, 3.63) is 58.1 Å². The molecule has 3 aromatic rings. The van der Waals surface area contributed by atoms with E-state index >= 15 is 0 Å². The van der Waals surface area contributed by atoms with Gasteiger partial charge in [-0.1, -0.05) is 12.1 Å². The van der Waals surface area contributed by atoms with Gasteiger partial charge in [-0.25, -0.2) is 0 Å². The molecule has 5 nitrogen and oxygen atoms in total. The van der Waals surface area contributed by atoms with Crippen molar-refractivity contribution in [3.63, 3.8) is 0 Å². The maximum Gasteiger partial charge on any atom is 0.416 e. The van der Waals surface area contributed by atoms with Crippen LogP contribution in [0.4, 0.5) is 18.9 Å². The highest BCUT2D eigenvalue weighted by Gasteiger charge is 2.30. The Morgan fingerprint density at radius 2 is 1.91 bits per heavy atom. The molecule has 0 atom stereocenters. The van der Waals surface area contributed by atoms with Gasteiger partial charge in [0.2, 0.25) is 0 Å². The highest BCUT2D eigenvalue weighted by atomic mass is 19.4. The van der Waals surface area contributed by atoms with Crippen LogP contribution in [0, 0.1) is 10.1 Å². The lowest BCUT2D eigenvalue weighted by atomic mass is 10.0. The number of non-ortho nitro benzene ring substituents is 1. The molecular weight excluding hydrogens is 299 g/mol. The number of nitro benzene ring substituents is 1. The molecule has 0 aliphatic carbocycles. The van der Waals surface area contributed by atoms with Gasteiger partial charge >= 0.3 is 6.18 Å². The number of nitrogens with one attached hydrogen (secondary N) is 1. The molecule has 0 unspecified atom stereocenters. The summed E-state index contributed by atoms with van der Waals surface area (Å²) >= 11 is 0. The summed E-state index contributed by atoms with van der Waals surface area (Å²) in [7, 11) is 0. The molecule has 0 fully saturated rings. The molecule has 0 saturated heterocycles. The second kappa shape index (κ2) is 4.83. The number of aromatic nitrogens is 2. The average Bonchev–Trinajstić information content (AvgIpc) is 2.89. The normalized spacial score (nSPS) is 11.8. The van der Waals surface area contributed by atoms with Gasteiger partial charge in [0.15, 0.2) is 0 Å². The molecule has 0 aliphatic heterocycles. The Balaban J connectivity index is 2.18. The van der Waals surface area contributed by atoms with Crippen LogP contribution < -0.4 is 0 Å². The van der Waals surface area contributed by atoms with Gasteiger partial charge in [0, 0.05) is 23.1 Å². The largest absolute Gasteiger partial charge is 0.416 e. The summed E-state index contributed by atoms with van der Waals surface area (Å²) in [6, 6.07) is 8.73. The first-order valence-corrected chi connectivity index (χ1v) is 6.16. The van der Waals surface area contributed by atoms with Crippen molar-refractivity contribution in [2.24, 2.45) is 0 Å². The minimum Gasteiger partial charge on any atom is -0.277 e. The van der Waals surface area contributed by atoms with Crippen molar-refractivity contribution in [3.8, 4) is 11.3 Å². The Hall–Kier alpha value is -2.90. The Morgan fingerprint density at radius 3 is 2.59 bits per heavy atom. The molecule has 0 bridgehead atoms. The number of aromatic amines is 1. The number of H-pyrrole nitrogens is 1. The van der Waals surface area contributed by atoms with Crippen molar-refractivity contribution >= 4 is 16.6 Å². The van der Waals surface area contributed by atoms with E-state index < -0.39 is 16.7 Å². The summed E-state index contributed by atoms with van der Waals surface area (Å²) < 4.78 is 38.3. The fraction of sp³-hybridized carbons (Fsp3) is 0.0714. The number of halogens is 3. The van der Waals surface area contributed by atoms with Gasteiger partial charge < -0.3 is 0 Å². The minimum atomic E-state index is -4.46. The molecular formula is C14H8F3N3O2. The van der Waals surface area contributed by atoms with Crippen molar-refractivity contribution < 1.29 is 18.1 Å². The number of fused-ring (bicyclic) bond motifs is 1. The van der Waals surface area contributed by atoms with E-state index in [2.05, 4.69) is 10.2 Å². The Bertz CT molecular complexity index is 871. The van der Waals surface area contributed by atoms with E-state index in [1.54, 1.807) is 0 Å². The lowest BCUT2D eigenvalue weighted by Crippen LogP contribution is -2.04. The predicted molar refractivity (Wildman–Crippen MR) is 73.2 cm³/mol. The molecule has 0 aliphatic rings. The number of nitrogens with zero attached hydrogens (tertiary/aromatic N) is 2. The second-order valence-corrected chi connectivity index (χ2v) is 4.64. The number of hydrogen-bond donors (Lipinski definition) is 1. The minimum absolute atomic E-state index is 0.151. The number of benzene rings is 2. The van der Waals surface area contributed by atoms with E-state index in [1.807, 2.05) is 0 Å². The van der Waals surface area contributed by atoms with Crippen molar-refractivity contribution in [2.45, 2.75) is 6.18 Å². The molecule has 112 valence electrons. The lowest BCUT2D eigenvalue weighted by molar-refractivity contribution is -0.384. The van der Waals surface area contributed by atoms with Gasteiger partial charge in [-0.15, -0.1) is 0 Å². The molecule has 8 heteroatoms. The summed E-state index contributed by atoms with van der Waals surface area (Å²) in [6.45, 7) is 0. The van der Waals surface area contributed by atoms with Crippen molar-refractivity contribution in [1.29, 1.82) is 0 Å². The number of alkyl halides is 3. The molecule has 2 aromatic carbocycles. The third-order valence-electron chi connectivity index (χ3n) is 3.22. The summed E-state index contributed by atoms with van der Waals surface area (Å²) in [5.41, 5.74) is 0.0399. The van der Waals surface area contributed by atoms with E-state index in [0.717, 1.165) is 12.1 Å². The smallest absolute Gasteiger partial charge is 0.277 e. The van der Waals surface area contributed by atoms with Crippen LogP contribution in [-0.2, 0) is 6.18 Å². The average molecular weight is 307 g/mol. The number of rotatable bonds is 2. The van der Waals surface area contributed by atoms with Crippen LogP contribution in [0.3, 0.4) is 0 Å². The number of nitro groups is 1. The monoisotopic (exact) mass is 307 g/mol. The topological polar surface area (TPSA) is 71.8 Å². The van der Waals surface area contributed by atoms with Gasteiger partial charge in [-0.2, -0.15) is 18.3 Å². The van der Waals surface area contributed by atoms with E-state index in [4.69, 9.17) is 0 Å². The van der Waals surface area contributed by atoms with Crippen molar-refractivity contribution in [1.82, 2.24) is 10.2 Å². The maximum absolute atomic E-state index is 12.8. The van der Waals surface area contributed by atoms with Crippen LogP contribution >= 0.6 is 0 Å². The van der Waals surface area contributed by atoms with Gasteiger partial charge in [0.1, 0.15) is 5.69 Å². The summed E-state index contributed by atoms with van der Waals surface area (Å²) in [5, 5.41) is 17.9. The summed E-state index contributed by atoms with van der Waals surface area (Å²) in [5.74, 6) is 0. The van der Waals surface area contributed by atoms with Crippen LogP contribution in [0.15, 0.2) is 42.5 Å². The van der Waals surface area contributed by atoms with E-state index in [9.17, 15) is 23.3 Å². The molecule has 1 heterocycles. The molecule has 0 radical (unpaired) electrons. The zero-order chi connectivity index (χ0) is 15.9. The molecule has 0 amide bonds. The van der Waals surface area contributed by atoms with Gasteiger partial charge in [-0.05, 0) is 18.2 Å². The standard InChI is InChI=1S/C14H8F3N3O2/c15-14(16,17)9-3-1-2-8(6-9)13-11-7-10(20(21)22)4-5-12(11)18-19-13/h1-7H,(H,18,19). The van der Waals surface area contributed by atoms with Crippen LogP contribution in [0.5, 0.6) is 0 Å². The second-order valence-electron chi connectivity index (χ2n) is 4.64. The fourth-order valence-electron chi connectivity index (χ4n) is 2.18. The Kier molecular flexibility index (Phi) is 3.09. The fourth-order valence-corrected chi connectivity index (χ4v) is 2.18. The SMILES string of the molecule is O=[N+]([O-])c1ccc2[nH]nc(-c3cccc(C(F)(F)F)c3)c2c1. The third-order valence-corrected chi connectivity index (χ3v) is 3.22. The highest BCUT2D eigenvalue weighted by Crippen LogP contribution is 2.34. The summed E-state index contributed by atoms with van der Waals surface area (Å²) in [6.07, 6.45) is -4.46. The highest BCUT2D eigenvalue weighted by molar-refractivity contribution is 5.94. The third kappa shape index (κ3) is 2.39. The molecule has 1 aromatic heterocycles. The first-order valence-electron chi connectivity index (χ1n) is 6.16. The van der Waals surface area contributed by atoms with Gasteiger partial charge in [-0.3, -0.25) is 15.2 Å². The molecule has 22 heavy (non-hydrogen) atoms.